The van der Waals surface area contributed by atoms with Crippen molar-refractivity contribution in [3.05, 3.63) is 53.1 Å². The average Bonchev–Trinajstić information content (AvgIpc) is 2.82. The van der Waals surface area contributed by atoms with Gasteiger partial charge in [0, 0.05) is 17.7 Å². The predicted octanol–water partition coefficient (Wildman–Crippen LogP) is 5.97. The summed E-state index contributed by atoms with van der Waals surface area (Å²) >= 11 is 0. The Kier molecular flexibility index (Phi) is 10.3. The van der Waals surface area contributed by atoms with Crippen LogP contribution in [0, 0.1) is 0 Å². The third-order valence-corrected chi connectivity index (χ3v) is 8.72. The maximum atomic E-state index is 13.3. The Morgan fingerprint density at radius 3 is 2.27 bits per heavy atom. The van der Waals surface area contributed by atoms with E-state index in [1.807, 2.05) is 26.8 Å². The summed E-state index contributed by atoms with van der Waals surface area (Å²) in [6, 6.07) is 10.1. The molecule has 204 valence electrons. The second kappa shape index (κ2) is 12.6. The van der Waals surface area contributed by atoms with Gasteiger partial charge in [0.2, 0.25) is 11.8 Å². The predicted molar refractivity (Wildman–Crippen MR) is 149 cm³/mol. The molecular weight excluding hydrogens is 488 g/mol. The van der Waals surface area contributed by atoms with E-state index in [-0.39, 0.29) is 28.6 Å². The number of unbranched alkanes of at least 4 members (excludes halogenated alkanes) is 2. The molecule has 1 unspecified atom stereocenters. The summed E-state index contributed by atoms with van der Waals surface area (Å²) in [4.78, 5) is 25.3. The first-order valence-electron chi connectivity index (χ1n) is 12.9. The number of hydrogen-bond donors (Lipinski definition) is 2. The molecule has 2 amide bonds. The summed E-state index contributed by atoms with van der Waals surface area (Å²) < 4.78 is 31.0. The summed E-state index contributed by atoms with van der Waals surface area (Å²) in [5.41, 5.74) is 7.81. The van der Waals surface area contributed by atoms with Gasteiger partial charge in [-0.2, -0.15) is 0 Å². The number of anilines is 1. The lowest BCUT2D eigenvalue weighted by molar-refractivity contribution is -0.116. The highest BCUT2D eigenvalue weighted by atomic mass is 32.2. The summed E-state index contributed by atoms with van der Waals surface area (Å²) in [6.45, 7) is 11.5. The van der Waals surface area contributed by atoms with Crippen LogP contribution in [0.15, 0.2) is 41.3 Å². The highest BCUT2D eigenvalue weighted by Gasteiger charge is 2.26. The van der Waals surface area contributed by atoms with E-state index in [2.05, 4.69) is 12.2 Å². The highest BCUT2D eigenvalue weighted by Crippen LogP contribution is 2.36. The van der Waals surface area contributed by atoms with Crippen LogP contribution in [0.1, 0.15) is 101 Å². The van der Waals surface area contributed by atoms with Gasteiger partial charge in [0.1, 0.15) is 5.75 Å². The molecule has 0 saturated heterocycles. The Balaban J connectivity index is 2.43. The molecule has 0 aliphatic carbocycles. The number of amides is 2. The minimum Gasteiger partial charge on any atom is -0.496 e. The van der Waals surface area contributed by atoms with Crippen molar-refractivity contribution in [1.82, 2.24) is 0 Å². The number of rotatable bonds is 12. The number of nitrogens with two attached hydrogens (primary N) is 1. The third kappa shape index (κ3) is 7.81. The second-order valence-electron chi connectivity index (χ2n) is 10.8. The van der Waals surface area contributed by atoms with E-state index in [0.717, 1.165) is 36.8 Å². The monoisotopic (exact) mass is 530 g/mol. The maximum Gasteiger partial charge on any atom is 0.248 e. The topological polar surface area (TPSA) is 116 Å². The van der Waals surface area contributed by atoms with Gasteiger partial charge in [-0.25, -0.2) is 8.42 Å². The first-order valence-corrected chi connectivity index (χ1v) is 14.4. The van der Waals surface area contributed by atoms with Gasteiger partial charge in [-0.3, -0.25) is 9.59 Å². The van der Waals surface area contributed by atoms with Crippen LogP contribution >= 0.6 is 0 Å². The van der Waals surface area contributed by atoms with Crippen LogP contribution in [0.25, 0.3) is 0 Å². The first kappa shape index (κ1) is 30.4. The lowest BCUT2D eigenvalue weighted by Crippen LogP contribution is -2.22. The number of primary amides is 1. The Morgan fingerprint density at radius 1 is 1.05 bits per heavy atom. The molecule has 8 heteroatoms. The SMILES string of the molecule is CCCCCC(CC(=O)Nc1cc(C(N)=O)ccc1C(C)(C)C)c1ccc(S(=O)(=O)C(C)C)cc1OC. The average molecular weight is 531 g/mol. The first-order chi connectivity index (χ1) is 17.2. The molecule has 2 aromatic rings. The maximum absolute atomic E-state index is 13.3. The summed E-state index contributed by atoms with van der Waals surface area (Å²) in [7, 11) is -1.95. The molecular formula is C29H42N2O5S. The van der Waals surface area contributed by atoms with E-state index < -0.39 is 21.0 Å². The molecule has 3 N–H and O–H groups in total. The molecule has 0 spiro atoms. The Hall–Kier alpha value is -2.87. The van der Waals surface area contributed by atoms with Crippen molar-refractivity contribution < 1.29 is 22.7 Å². The fourth-order valence-corrected chi connectivity index (χ4v) is 5.44. The van der Waals surface area contributed by atoms with Gasteiger partial charge in [0.05, 0.1) is 17.3 Å². The fraction of sp³-hybridized carbons (Fsp3) is 0.517. The smallest absolute Gasteiger partial charge is 0.248 e. The summed E-state index contributed by atoms with van der Waals surface area (Å²) in [5, 5.41) is 2.45. The van der Waals surface area contributed by atoms with Crippen LogP contribution < -0.4 is 15.8 Å². The minimum absolute atomic E-state index is 0.172. The van der Waals surface area contributed by atoms with Gasteiger partial charge in [-0.1, -0.05) is 59.1 Å². The molecule has 0 fully saturated rings. The van der Waals surface area contributed by atoms with Gasteiger partial charge >= 0.3 is 0 Å². The quantitative estimate of drug-likeness (QED) is 0.328. The van der Waals surface area contributed by atoms with E-state index in [1.165, 1.54) is 7.11 Å². The van der Waals surface area contributed by atoms with Crippen LogP contribution in [-0.2, 0) is 20.0 Å². The minimum atomic E-state index is -3.46. The molecule has 1 atom stereocenters. The van der Waals surface area contributed by atoms with Gasteiger partial charge in [0.15, 0.2) is 9.84 Å². The van der Waals surface area contributed by atoms with Gasteiger partial charge in [0.25, 0.3) is 0 Å². The van der Waals surface area contributed by atoms with Crippen molar-refractivity contribution in [3.63, 3.8) is 0 Å². The van der Waals surface area contributed by atoms with Crippen LogP contribution in [0.3, 0.4) is 0 Å². The van der Waals surface area contributed by atoms with E-state index in [4.69, 9.17) is 10.5 Å². The molecule has 0 radical (unpaired) electrons. The van der Waals surface area contributed by atoms with Crippen LogP contribution in [0.5, 0.6) is 5.75 Å². The number of sulfone groups is 1. The van der Waals surface area contributed by atoms with Gasteiger partial charge < -0.3 is 15.8 Å². The molecule has 2 rings (SSSR count). The Morgan fingerprint density at radius 2 is 1.73 bits per heavy atom. The lowest BCUT2D eigenvalue weighted by Gasteiger charge is -2.25. The molecule has 0 bridgehead atoms. The van der Waals surface area contributed by atoms with Crippen molar-refractivity contribution in [2.45, 2.75) is 95.1 Å². The number of nitrogens with one attached hydrogen (secondary N) is 1. The number of ether oxygens (including phenoxy) is 1. The van der Waals surface area contributed by atoms with E-state index in [9.17, 15) is 18.0 Å². The number of hydrogen-bond acceptors (Lipinski definition) is 5. The molecule has 0 aromatic heterocycles. The zero-order valence-corrected chi connectivity index (χ0v) is 24.0. The number of methoxy groups -OCH3 is 1. The Labute approximate surface area is 222 Å². The van der Waals surface area contributed by atoms with Gasteiger partial charge in [-0.15, -0.1) is 0 Å². The second-order valence-corrected chi connectivity index (χ2v) is 13.3. The molecule has 2 aromatic carbocycles. The van der Waals surface area contributed by atoms with Crippen LogP contribution in [0.4, 0.5) is 5.69 Å². The lowest BCUT2D eigenvalue weighted by atomic mass is 9.84. The van der Waals surface area contributed by atoms with Crippen molar-refractivity contribution >= 4 is 27.3 Å². The van der Waals surface area contributed by atoms with E-state index in [0.29, 0.717) is 17.0 Å². The number of carbonyl (C=O) groups is 2. The molecule has 37 heavy (non-hydrogen) atoms. The van der Waals surface area contributed by atoms with Crippen molar-refractivity contribution in [2.75, 3.05) is 12.4 Å². The van der Waals surface area contributed by atoms with Gasteiger partial charge in [-0.05, 0) is 67.0 Å². The molecule has 0 heterocycles. The van der Waals surface area contributed by atoms with E-state index >= 15 is 0 Å². The highest BCUT2D eigenvalue weighted by molar-refractivity contribution is 7.92. The number of benzene rings is 2. The van der Waals surface area contributed by atoms with Crippen molar-refractivity contribution in [1.29, 1.82) is 0 Å². The zero-order valence-electron chi connectivity index (χ0n) is 23.2. The zero-order chi connectivity index (χ0) is 28.0. The standard InChI is InChI=1S/C29H42N2O5S/c1-8-9-10-11-20(23-14-13-22(18-26(23)36-7)37(34,35)19(2)3)17-27(32)31-25-16-21(28(30)33)12-15-24(25)29(4,5)6/h12-16,18-20H,8-11,17H2,1-7H3,(H2,30,33)(H,31,32). The third-order valence-electron chi connectivity index (χ3n) is 6.57. The van der Waals surface area contributed by atoms with Crippen LogP contribution in [-0.4, -0.2) is 32.6 Å². The molecule has 7 nitrogen and oxygen atoms in total. The molecule has 0 aliphatic heterocycles. The fourth-order valence-electron chi connectivity index (χ4n) is 4.37. The summed E-state index contributed by atoms with van der Waals surface area (Å²) in [6.07, 6.45) is 3.92. The van der Waals surface area contributed by atoms with Crippen molar-refractivity contribution in [3.8, 4) is 5.75 Å². The Bertz CT molecular complexity index is 1210. The number of carbonyl (C=O) groups excluding carboxylic acids is 2. The molecule has 0 aliphatic rings. The summed E-state index contributed by atoms with van der Waals surface area (Å²) in [5.74, 6) is -0.471. The van der Waals surface area contributed by atoms with Crippen molar-refractivity contribution in [2.24, 2.45) is 5.73 Å². The van der Waals surface area contributed by atoms with Crippen LogP contribution in [0.2, 0.25) is 0 Å². The molecule has 0 saturated carbocycles. The van der Waals surface area contributed by atoms with E-state index in [1.54, 1.807) is 44.2 Å². The largest absolute Gasteiger partial charge is 0.496 e. The normalized spacial score (nSPS) is 12.9.